The summed E-state index contributed by atoms with van der Waals surface area (Å²) in [7, 11) is 0. The van der Waals surface area contributed by atoms with Crippen molar-refractivity contribution in [2.24, 2.45) is 11.1 Å². The topological polar surface area (TPSA) is 38.0 Å². The average molecular weight is 253 g/mol. The Hall–Kier alpha value is -0.570. The summed E-state index contributed by atoms with van der Waals surface area (Å²) in [5.74, 6) is 0.359. The van der Waals surface area contributed by atoms with Crippen molar-refractivity contribution in [3.8, 4) is 0 Å². The van der Waals surface area contributed by atoms with Gasteiger partial charge in [-0.15, -0.1) is 0 Å². The minimum Gasteiger partial charge on any atom is -0.326 e. The van der Waals surface area contributed by atoms with Gasteiger partial charge < -0.3 is 11.1 Å². The summed E-state index contributed by atoms with van der Waals surface area (Å²) in [6, 6.07) is 8.54. The molecule has 0 saturated carbocycles. The highest BCUT2D eigenvalue weighted by atomic mass is 35.5. The fraction of sp³-hybridized carbons (Fsp3) is 0.571. The molecule has 0 bridgehead atoms. The summed E-state index contributed by atoms with van der Waals surface area (Å²) in [6.45, 7) is 7.62. The number of rotatable bonds is 1. The maximum Gasteiger partial charge on any atom is 0.0408 e. The predicted octanol–water partition coefficient (Wildman–Crippen LogP) is 2.77. The van der Waals surface area contributed by atoms with Crippen LogP contribution in [0.2, 0.25) is 5.02 Å². The second-order valence-electron chi connectivity index (χ2n) is 5.99. The average Bonchev–Trinajstić information content (AvgIpc) is 2.59. The van der Waals surface area contributed by atoms with Crippen molar-refractivity contribution < 1.29 is 0 Å². The van der Waals surface area contributed by atoms with Crippen LogP contribution in [0.3, 0.4) is 0 Å². The Morgan fingerprint density at radius 2 is 2.06 bits per heavy atom. The molecule has 1 fully saturated rings. The van der Waals surface area contributed by atoms with Gasteiger partial charge in [-0.05, 0) is 23.1 Å². The van der Waals surface area contributed by atoms with Crippen LogP contribution >= 0.6 is 11.6 Å². The van der Waals surface area contributed by atoms with Crippen LogP contribution in [0.5, 0.6) is 0 Å². The Kier molecular flexibility index (Phi) is 3.48. The van der Waals surface area contributed by atoms with E-state index in [9.17, 15) is 0 Å². The Morgan fingerprint density at radius 3 is 2.59 bits per heavy atom. The zero-order valence-electron chi connectivity index (χ0n) is 10.7. The van der Waals surface area contributed by atoms with Crippen LogP contribution < -0.4 is 11.1 Å². The molecule has 3 atom stereocenters. The van der Waals surface area contributed by atoms with Crippen molar-refractivity contribution >= 4 is 11.6 Å². The van der Waals surface area contributed by atoms with Gasteiger partial charge in [-0.25, -0.2) is 0 Å². The maximum atomic E-state index is 6.39. The molecular formula is C14H21ClN2. The van der Waals surface area contributed by atoms with E-state index < -0.39 is 0 Å². The zero-order chi connectivity index (χ0) is 12.6. The number of hydrogen-bond acceptors (Lipinski definition) is 2. The van der Waals surface area contributed by atoms with Crippen molar-refractivity contribution in [1.29, 1.82) is 0 Å². The molecule has 1 heterocycles. The maximum absolute atomic E-state index is 6.39. The third-order valence-corrected chi connectivity index (χ3v) is 3.85. The van der Waals surface area contributed by atoms with Crippen molar-refractivity contribution in [2.75, 3.05) is 6.54 Å². The predicted molar refractivity (Wildman–Crippen MR) is 73.4 cm³/mol. The number of hydrogen-bond donors (Lipinski definition) is 2. The van der Waals surface area contributed by atoms with Gasteiger partial charge in [0.1, 0.15) is 0 Å². The molecule has 17 heavy (non-hydrogen) atoms. The quantitative estimate of drug-likeness (QED) is 0.807. The molecule has 1 aliphatic heterocycles. The lowest BCUT2D eigenvalue weighted by molar-refractivity contribution is 0.272. The lowest BCUT2D eigenvalue weighted by atomic mass is 9.80. The van der Waals surface area contributed by atoms with E-state index in [2.05, 4.69) is 32.2 Å². The number of benzene rings is 1. The molecule has 2 nitrogen and oxygen atoms in total. The van der Waals surface area contributed by atoms with Gasteiger partial charge >= 0.3 is 0 Å². The highest BCUT2D eigenvalue weighted by Gasteiger charge is 2.40. The van der Waals surface area contributed by atoms with Crippen LogP contribution in [0, 0.1) is 5.41 Å². The molecule has 3 heteroatoms. The first kappa shape index (κ1) is 12.9. The molecular weight excluding hydrogens is 232 g/mol. The lowest BCUT2D eigenvalue weighted by Gasteiger charge is -2.31. The summed E-state index contributed by atoms with van der Waals surface area (Å²) in [5, 5.41) is 4.33. The van der Waals surface area contributed by atoms with Gasteiger partial charge in [-0.3, -0.25) is 0 Å². The normalized spacial score (nSPS) is 29.6. The minimum atomic E-state index is 0.147. The van der Waals surface area contributed by atoms with Gasteiger partial charge in [-0.2, -0.15) is 0 Å². The Labute approximate surface area is 109 Å². The highest BCUT2D eigenvalue weighted by Crippen LogP contribution is 2.33. The fourth-order valence-electron chi connectivity index (χ4n) is 2.72. The largest absolute Gasteiger partial charge is 0.326 e. The third-order valence-electron chi connectivity index (χ3n) is 3.62. The monoisotopic (exact) mass is 252 g/mol. The summed E-state index contributed by atoms with van der Waals surface area (Å²) in [6.07, 6.45) is 0. The summed E-state index contributed by atoms with van der Waals surface area (Å²) in [5.41, 5.74) is 7.81. The van der Waals surface area contributed by atoms with Gasteiger partial charge in [0.15, 0.2) is 0 Å². The van der Waals surface area contributed by atoms with E-state index in [0.29, 0.717) is 12.0 Å². The molecule has 0 aromatic heterocycles. The fourth-order valence-corrected chi connectivity index (χ4v) is 2.92. The van der Waals surface area contributed by atoms with Gasteiger partial charge in [0.2, 0.25) is 0 Å². The lowest BCUT2D eigenvalue weighted by Crippen LogP contribution is -2.47. The van der Waals surface area contributed by atoms with Gasteiger partial charge in [0.25, 0.3) is 0 Å². The van der Waals surface area contributed by atoms with Crippen molar-refractivity contribution in [1.82, 2.24) is 5.32 Å². The Morgan fingerprint density at radius 1 is 1.35 bits per heavy atom. The molecule has 1 saturated heterocycles. The van der Waals surface area contributed by atoms with E-state index in [4.69, 9.17) is 17.3 Å². The number of nitrogens with two attached hydrogens (primary N) is 1. The van der Waals surface area contributed by atoms with E-state index in [1.165, 1.54) is 5.56 Å². The molecule has 1 aromatic carbocycles. The second kappa shape index (κ2) is 4.60. The molecule has 3 N–H and O–H groups in total. The summed E-state index contributed by atoms with van der Waals surface area (Å²) >= 11 is 6.04. The van der Waals surface area contributed by atoms with Crippen molar-refractivity contribution in [3.05, 3.63) is 34.9 Å². The zero-order valence-corrected chi connectivity index (χ0v) is 11.5. The third kappa shape index (κ3) is 2.65. The van der Waals surface area contributed by atoms with Crippen LogP contribution in [-0.4, -0.2) is 18.6 Å². The van der Waals surface area contributed by atoms with E-state index in [1.807, 2.05) is 18.2 Å². The first-order valence-corrected chi connectivity index (χ1v) is 6.52. The minimum absolute atomic E-state index is 0.147. The van der Waals surface area contributed by atoms with Crippen molar-refractivity contribution in [3.63, 3.8) is 0 Å². The van der Waals surface area contributed by atoms with E-state index in [0.717, 1.165) is 11.6 Å². The van der Waals surface area contributed by atoms with Crippen LogP contribution in [-0.2, 0) is 0 Å². The molecule has 3 unspecified atom stereocenters. The van der Waals surface area contributed by atoms with Crippen LogP contribution in [0.25, 0.3) is 0 Å². The van der Waals surface area contributed by atoms with E-state index >= 15 is 0 Å². The highest BCUT2D eigenvalue weighted by molar-refractivity contribution is 6.30. The Bertz CT molecular complexity index is 397. The Balaban J connectivity index is 2.20. The molecule has 94 valence electrons. The molecule has 2 rings (SSSR count). The molecule has 0 aliphatic carbocycles. The number of nitrogens with one attached hydrogen (secondary N) is 1. The molecule has 0 spiro atoms. The first-order valence-electron chi connectivity index (χ1n) is 6.14. The van der Waals surface area contributed by atoms with Gasteiger partial charge in [-0.1, -0.05) is 44.5 Å². The standard InChI is InChI=1S/C14H21ClN2/c1-14(2,3)13-12(16)11(8-17-13)9-5-4-6-10(15)7-9/h4-7,11-13,17H,8,16H2,1-3H3. The summed E-state index contributed by atoms with van der Waals surface area (Å²) < 4.78 is 0. The van der Waals surface area contributed by atoms with Crippen LogP contribution in [0.1, 0.15) is 32.3 Å². The smallest absolute Gasteiger partial charge is 0.0408 e. The van der Waals surface area contributed by atoms with Gasteiger partial charge in [0, 0.05) is 29.6 Å². The summed E-state index contributed by atoms with van der Waals surface area (Å²) in [4.78, 5) is 0. The van der Waals surface area contributed by atoms with Crippen LogP contribution in [0.4, 0.5) is 0 Å². The second-order valence-corrected chi connectivity index (χ2v) is 6.43. The molecule has 0 amide bonds. The van der Waals surface area contributed by atoms with E-state index in [-0.39, 0.29) is 11.5 Å². The van der Waals surface area contributed by atoms with Crippen LogP contribution in [0.15, 0.2) is 24.3 Å². The number of halogens is 1. The first-order chi connectivity index (χ1) is 7.89. The van der Waals surface area contributed by atoms with Gasteiger partial charge in [0.05, 0.1) is 0 Å². The molecule has 1 aromatic rings. The van der Waals surface area contributed by atoms with Crippen molar-refractivity contribution in [2.45, 2.75) is 38.8 Å². The molecule has 0 radical (unpaired) electrons. The molecule has 1 aliphatic rings. The van der Waals surface area contributed by atoms with E-state index in [1.54, 1.807) is 0 Å². The SMILES string of the molecule is CC(C)(C)C1NCC(c2cccc(Cl)c2)C1N.